The summed E-state index contributed by atoms with van der Waals surface area (Å²) < 4.78 is 27.7. The van der Waals surface area contributed by atoms with Gasteiger partial charge < -0.3 is 41.0 Å². The van der Waals surface area contributed by atoms with Gasteiger partial charge in [-0.3, -0.25) is 0 Å². The molecule has 5 heterocycles. The summed E-state index contributed by atoms with van der Waals surface area (Å²) in [5, 5.41) is 23.3. The van der Waals surface area contributed by atoms with E-state index in [-0.39, 0.29) is 23.3 Å². The van der Waals surface area contributed by atoms with Crippen LogP contribution in [0, 0.1) is 0 Å². The van der Waals surface area contributed by atoms with E-state index in [2.05, 4.69) is 77.1 Å². The van der Waals surface area contributed by atoms with E-state index in [4.69, 9.17) is 30.2 Å². The summed E-state index contributed by atoms with van der Waals surface area (Å²) in [4.78, 5) is 19.0. The zero-order chi connectivity index (χ0) is 43.9. The Morgan fingerprint density at radius 1 is 0.758 bits per heavy atom. The number of fused-ring (bicyclic) bond motifs is 2. The van der Waals surface area contributed by atoms with E-state index in [1.54, 1.807) is 23.3 Å². The number of aromatic nitrogens is 8. The Balaban J connectivity index is 0.000000186. The number of nitrogens with two attached hydrogens (primary N) is 1. The number of para-hydroxylation sites is 1. The summed E-state index contributed by atoms with van der Waals surface area (Å²) in [6, 6.07) is 16.5. The van der Waals surface area contributed by atoms with Gasteiger partial charge in [0.2, 0.25) is 17.8 Å². The van der Waals surface area contributed by atoms with E-state index in [0.29, 0.717) is 46.7 Å². The Morgan fingerprint density at radius 2 is 1.42 bits per heavy atom. The highest BCUT2D eigenvalue weighted by molar-refractivity contribution is 7.91. The number of methoxy groups -OCH3 is 2. The van der Waals surface area contributed by atoms with Crippen LogP contribution >= 0.6 is 0 Å². The van der Waals surface area contributed by atoms with Crippen molar-refractivity contribution in [3.63, 3.8) is 0 Å². The summed E-state index contributed by atoms with van der Waals surface area (Å²) in [7, 11) is 3.34. The van der Waals surface area contributed by atoms with Crippen molar-refractivity contribution in [2.45, 2.75) is 126 Å². The van der Waals surface area contributed by atoms with Crippen molar-refractivity contribution in [2.24, 2.45) is 5.73 Å². The number of ether oxygens (including phenoxy) is 2. The minimum atomic E-state index is -1.30. The van der Waals surface area contributed by atoms with Gasteiger partial charge in [-0.05, 0) is 94.5 Å². The smallest absolute Gasteiger partial charge is 0.348 e. The van der Waals surface area contributed by atoms with E-state index < -0.39 is 11.2 Å². The fourth-order valence-electron chi connectivity index (χ4n) is 8.01. The van der Waals surface area contributed by atoms with Crippen molar-refractivity contribution < 1.29 is 14.0 Å². The minimum Gasteiger partial charge on any atom is -0.609 e. The first-order chi connectivity index (χ1) is 29.9. The maximum absolute atomic E-state index is 13.3. The number of nitrogens with zero attached hydrogens (tertiary/aromatic N) is 8. The van der Waals surface area contributed by atoms with Crippen molar-refractivity contribution in [3.8, 4) is 11.5 Å². The average Bonchev–Trinajstić information content (AvgIpc) is 3.93. The molecule has 0 radical (unpaired) electrons. The maximum atomic E-state index is 13.3. The molecule has 17 heteroatoms. The van der Waals surface area contributed by atoms with Gasteiger partial charge in [0, 0.05) is 46.5 Å². The molecule has 1 saturated carbocycles. The van der Waals surface area contributed by atoms with Crippen LogP contribution in [0.25, 0.3) is 11.3 Å². The largest absolute Gasteiger partial charge is 0.609 e. The van der Waals surface area contributed by atoms with E-state index >= 15 is 0 Å². The summed E-state index contributed by atoms with van der Waals surface area (Å²) >= 11 is -1.30. The molecular weight excluding hydrogens is 803 g/mol. The number of rotatable bonds is 14. The first-order valence-corrected chi connectivity index (χ1v) is 23.1. The van der Waals surface area contributed by atoms with Crippen LogP contribution in [0.2, 0.25) is 0 Å². The van der Waals surface area contributed by atoms with Crippen molar-refractivity contribution in [1.82, 2.24) is 44.5 Å². The molecule has 8 rings (SSSR count). The minimum absolute atomic E-state index is 0.0143. The van der Waals surface area contributed by atoms with Gasteiger partial charge in [0.25, 0.3) is 0 Å². The molecule has 4 aromatic heterocycles. The molecule has 0 unspecified atom stereocenters. The first-order valence-electron chi connectivity index (χ1n) is 21.9. The van der Waals surface area contributed by atoms with E-state index in [9.17, 15) is 4.55 Å². The Bertz CT molecular complexity index is 2390. The topological polar surface area (TPSA) is 202 Å². The zero-order valence-corrected chi connectivity index (χ0v) is 38.1. The Hall–Kier alpha value is -5.23. The van der Waals surface area contributed by atoms with Gasteiger partial charge in [-0.25, -0.2) is 0 Å². The molecule has 4 atom stereocenters. The van der Waals surface area contributed by atoms with Crippen LogP contribution < -0.4 is 36.5 Å². The zero-order valence-electron chi connectivity index (χ0n) is 37.3. The molecule has 16 nitrogen and oxygen atoms in total. The summed E-state index contributed by atoms with van der Waals surface area (Å²) in [6.07, 6.45) is 9.76. The van der Waals surface area contributed by atoms with Crippen molar-refractivity contribution in [3.05, 3.63) is 83.2 Å². The predicted molar refractivity (Wildman–Crippen MR) is 246 cm³/mol. The fraction of sp³-hybridized carbons (Fsp3) is 0.511. The summed E-state index contributed by atoms with van der Waals surface area (Å²) in [5.74, 6) is 4.02. The van der Waals surface area contributed by atoms with Gasteiger partial charge in [-0.2, -0.15) is 34.2 Å². The molecule has 2 fully saturated rings. The lowest BCUT2D eigenvalue weighted by Gasteiger charge is -2.27. The molecule has 2 aromatic carbocycles. The third-order valence-corrected chi connectivity index (χ3v) is 13.3. The third kappa shape index (κ3) is 10.3. The molecule has 1 aliphatic heterocycles. The molecule has 6 N–H and O–H groups in total. The Morgan fingerprint density at radius 3 is 2.06 bits per heavy atom. The van der Waals surface area contributed by atoms with Crippen LogP contribution in [0.15, 0.2) is 66.1 Å². The molecule has 0 amide bonds. The number of benzene rings is 2. The van der Waals surface area contributed by atoms with Crippen LogP contribution in [0.4, 0.5) is 17.8 Å². The van der Waals surface area contributed by atoms with Crippen molar-refractivity contribution in [1.29, 1.82) is 0 Å². The van der Waals surface area contributed by atoms with E-state index in [0.717, 1.165) is 91.0 Å². The second-order valence-corrected chi connectivity index (χ2v) is 18.6. The molecule has 62 heavy (non-hydrogen) atoms. The molecule has 0 bridgehead atoms. The van der Waals surface area contributed by atoms with Gasteiger partial charge in [-0.1, -0.05) is 58.0 Å². The number of piperidine rings is 1. The summed E-state index contributed by atoms with van der Waals surface area (Å²) in [6.45, 7) is 14.3. The number of nitrogens with one attached hydrogen (secondary N) is 4. The van der Waals surface area contributed by atoms with E-state index in [1.807, 2.05) is 61.8 Å². The molecule has 332 valence electrons. The maximum Gasteiger partial charge on any atom is 0.348 e. The average molecular weight is 866 g/mol. The molecule has 6 aromatic rings. The first kappa shape index (κ1) is 44.8. The van der Waals surface area contributed by atoms with Crippen LogP contribution in [-0.4, -0.2) is 88.4 Å². The van der Waals surface area contributed by atoms with Crippen LogP contribution in [-0.2, 0) is 11.2 Å². The quantitative estimate of drug-likeness (QED) is 0.0678. The van der Waals surface area contributed by atoms with Gasteiger partial charge in [0.05, 0.1) is 38.7 Å². The number of hydrogen-bond donors (Lipinski definition) is 5. The lowest BCUT2D eigenvalue weighted by molar-refractivity contribution is 0.408. The lowest BCUT2D eigenvalue weighted by Crippen LogP contribution is -2.39. The van der Waals surface area contributed by atoms with Gasteiger partial charge in [0.1, 0.15) is 16.7 Å². The van der Waals surface area contributed by atoms with Crippen LogP contribution in [0.3, 0.4) is 0 Å². The van der Waals surface area contributed by atoms with Gasteiger partial charge in [-0.15, -0.1) is 4.98 Å². The van der Waals surface area contributed by atoms with Crippen molar-refractivity contribution in [2.75, 3.05) is 43.3 Å². The number of anilines is 3. The molecule has 1 aliphatic carbocycles. The van der Waals surface area contributed by atoms with Crippen molar-refractivity contribution >= 4 is 40.3 Å². The number of hydrogen-bond acceptors (Lipinski definition) is 14. The summed E-state index contributed by atoms with van der Waals surface area (Å²) in [5.41, 5.74) is 11.8. The molecule has 0 spiro atoms. The lowest BCUT2D eigenvalue weighted by atomic mass is 9.92. The highest BCUT2D eigenvalue weighted by atomic mass is 32.2. The standard InChI is InChI=1S/C23H33N7O.C22H30N6O2S/c1-14(2)20-13-25-30-21(20)28-22(27-18-10-8-17(24)9-11-18)29-23(30)26-15(3)16-6-5-7-19(12-16)31-4;1-14(2)18-13-24-28-20(18)26-22(31(29)16-8-7-11-23-12-16)27-21(28)25-15(3)17-9-5-6-10-19(17)30-4/h5-7,12-15,17-18H,8-11,24H2,1-4H3,(H2,26,27,28,29);5-6,9-10,13-16,23H,7-8,11-12H2,1-4H3,(H,25,26,27)/t15-,17?,18?;15-,16+,31+/m00/s1. The Labute approximate surface area is 367 Å². The monoisotopic (exact) mass is 865 g/mol. The second kappa shape index (κ2) is 20.3. The Kier molecular flexibility index (Phi) is 14.7. The van der Waals surface area contributed by atoms with Crippen LogP contribution in [0.1, 0.15) is 126 Å². The molecular formula is C45H63N13O3S. The van der Waals surface area contributed by atoms with Crippen LogP contribution in [0.5, 0.6) is 11.5 Å². The third-order valence-electron chi connectivity index (χ3n) is 11.7. The predicted octanol–water partition coefficient (Wildman–Crippen LogP) is 7.40. The second-order valence-electron chi connectivity index (χ2n) is 17.0. The van der Waals surface area contributed by atoms with Gasteiger partial charge in [0.15, 0.2) is 11.3 Å². The van der Waals surface area contributed by atoms with E-state index in [1.165, 1.54) is 0 Å². The molecule has 1 saturated heterocycles. The highest BCUT2D eigenvalue weighted by Crippen LogP contribution is 2.31. The normalized spacial score (nSPS) is 19.5. The highest BCUT2D eigenvalue weighted by Gasteiger charge is 2.32. The molecule has 2 aliphatic rings. The SMILES string of the molecule is COc1cccc([C@H](C)Nc2nc(NC3CCC(N)CC3)nc3c(C(C)C)cnn23)c1.COc1ccccc1[C@H](C)Nc1nc([S@+]([O-])[C@@H]2CCCNC2)nc2c(C(C)C)cnn12. The van der Waals surface area contributed by atoms with Gasteiger partial charge >= 0.3 is 5.16 Å². The fourth-order valence-corrected chi connectivity index (χ4v) is 9.31.